The monoisotopic (exact) mass is 210 g/mol. The van der Waals surface area contributed by atoms with E-state index in [2.05, 4.69) is 37.4 Å². The molecule has 1 heterocycles. The first-order chi connectivity index (χ1) is 6.84. The van der Waals surface area contributed by atoms with Crippen molar-refractivity contribution < 1.29 is 0 Å². The molecular formula is C11H22N4. The standard InChI is InChI=1S/C11H22N4/c1-8-6-9(15(5)14-8)7-10(13-12)11(2,3)4/h6,10,13H,7,12H2,1-5H3. The van der Waals surface area contributed by atoms with E-state index in [1.54, 1.807) is 0 Å². The molecule has 0 aliphatic rings. The van der Waals surface area contributed by atoms with Gasteiger partial charge in [0.25, 0.3) is 0 Å². The van der Waals surface area contributed by atoms with E-state index in [0.29, 0.717) is 0 Å². The smallest absolute Gasteiger partial charge is 0.0596 e. The first-order valence-corrected chi connectivity index (χ1v) is 5.30. The van der Waals surface area contributed by atoms with Crippen LogP contribution in [0, 0.1) is 12.3 Å². The van der Waals surface area contributed by atoms with Crippen molar-refractivity contribution in [3.05, 3.63) is 17.5 Å². The molecule has 0 fully saturated rings. The lowest BCUT2D eigenvalue weighted by Crippen LogP contribution is -2.46. The lowest BCUT2D eigenvalue weighted by atomic mass is 9.84. The quantitative estimate of drug-likeness (QED) is 0.581. The summed E-state index contributed by atoms with van der Waals surface area (Å²) < 4.78 is 1.92. The number of aryl methyl sites for hydroxylation is 2. The zero-order chi connectivity index (χ0) is 11.6. The first-order valence-electron chi connectivity index (χ1n) is 5.30. The minimum atomic E-state index is 0.146. The fraction of sp³-hybridized carbons (Fsp3) is 0.727. The number of hydrogen-bond donors (Lipinski definition) is 2. The molecule has 3 N–H and O–H groups in total. The Balaban J connectivity index is 2.80. The third-order valence-electron chi connectivity index (χ3n) is 2.76. The van der Waals surface area contributed by atoms with Gasteiger partial charge in [-0.3, -0.25) is 16.0 Å². The fourth-order valence-electron chi connectivity index (χ4n) is 1.68. The van der Waals surface area contributed by atoms with Crippen LogP contribution in [0.5, 0.6) is 0 Å². The molecule has 0 spiro atoms. The van der Waals surface area contributed by atoms with Gasteiger partial charge in [0.15, 0.2) is 0 Å². The van der Waals surface area contributed by atoms with Crippen LogP contribution in [-0.4, -0.2) is 15.8 Å². The van der Waals surface area contributed by atoms with Gasteiger partial charge in [-0.1, -0.05) is 20.8 Å². The molecule has 1 atom stereocenters. The largest absolute Gasteiger partial charge is 0.272 e. The number of rotatable bonds is 3. The molecule has 1 unspecified atom stereocenters. The molecule has 0 radical (unpaired) electrons. The molecule has 0 aliphatic heterocycles. The van der Waals surface area contributed by atoms with Crippen LogP contribution < -0.4 is 11.3 Å². The lowest BCUT2D eigenvalue weighted by Gasteiger charge is -2.29. The molecule has 1 aromatic heterocycles. The van der Waals surface area contributed by atoms with Crippen LogP contribution in [0.1, 0.15) is 32.2 Å². The Morgan fingerprint density at radius 2 is 2.13 bits per heavy atom. The van der Waals surface area contributed by atoms with Crippen molar-refractivity contribution in [1.82, 2.24) is 15.2 Å². The molecule has 86 valence electrons. The molecule has 0 saturated carbocycles. The summed E-state index contributed by atoms with van der Waals surface area (Å²) in [6.45, 7) is 8.55. The Kier molecular flexibility index (Phi) is 3.52. The second-order valence-corrected chi connectivity index (χ2v) is 5.19. The van der Waals surface area contributed by atoms with E-state index in [1.807, 2.05) is 18.7 Å². The third kappa shape index (κ3) is 3.04. The highest BCUT2D eigenvalue weighted by molar-refractivity contribution is 5.10. The van der Waals surface area contributed by atoms with Crippen LogP contribution in [0.15, 0.2) is 6.07 Å². The van der Waals surface area contributed by atoms with E-state index in [-0.39, 0.29) is 11.5 Å². The highest BCUT2D eigenvalue weighted by Gasteiger charge is 2.24. The summed E-state index contributed by atoms with van der Waals surface area (Å²) in [5.74, 6) is 5.58. The Labute approximate surface area is 91.8 Å². The summed E-state index contributed by atoms with van der Waals surface area (Å²) in [7, 11) is 1.97. The molecule has 4 nitrogen and oxygen atoms in total. The molecule has 0 saturated heterocycles. The minimum Gasteiger partial charge on any atom is -0.272 e. The van der Waals surface area contributed by atoms with Crippen molar-refractivity contribution in [2.75, 3.05) is 0 Å². The van der Waals surface area contributed by atoms with Crippen LogP contribution in [0.2, 0.25) is 0 Å². The number of nitrogens with one attached hydrogen (secondary N) is 1. The van der Waals surface area contributed by atoms with E-state index < -0.39 is 0 Å². The maximum atomic E-state index is 5.58. The van der Waals surface area contributed by atoms with Gasteiger partial charge in [-0.2, -0.15) is 5.10 Å². The Hall–Kier alpha value is -0.870. The SMILES string of the molecule is Cc1cc(CC(NN)C(C)(C)C)n(C)n1. The number of nitrogens with zero attached hydrogens (tertiary/aromatic N) is 2. The van der Waals surface area contributed by atoms with Gasteiger partial charge in [0, 0.05) is 25.2 Å². The van der Waals surface area contributed by atoms with E-state index in [0.717, 1.165) is 12.1 Å². The van der Waals surface area contributed by atoms with Gasteiger partial charge in [-0.05, 0) is 18.4 Å². The summed E-state index contributed by atoms with van der Waals surface area (Å²) in [5.41, 5.74) is 5.30. The van der Waals surface area contributed by atoms with Crippen LogP contribution in [-0.2, 0) is 13.5 Å². The van der Waals surface area contributed by atoms with Gasteiger partial charge in [0.2, 0.25) is 0 Å². The second kappa shape index (κ2) is 4.33. The van der Waals surface area contributed by atoms with Crippen molar-refractivity contribution in [1.29, 1.82) is 0 Å². The van der Waals surface area contributed by atoms with Crippen molar-refractivity contribution in [2.45, 2.75) is 40.2 Å². The van der Waals surface area contributed by atoms with Crippen LogP contribution >= 0.6 is 0 Å². The highest BCUT2D eigenvalue weighted by atomic mass is 15.3. The van der Waals surface area contributed by atoms with Gasteiger partial charge < -0.3 is 0 Å². The zero-order valence-electron chi connectivity index (χ0n) is 10.3. The van der Waals surface area contributed by atoms with Gasteiger partial charge >= 0.3 is 0 Å². The Morgan fingerprint density at radius 3 is 2.47 bits per heavy atom. The summed E-state index contributed by atoms with van der Waals surface area (Å²) in [5, 5.41) is 4.33. The van der Waals surface area contributed by atoms with E-state index in [9.17, 15) is 0 Å². The fourth-order valence-corrected chi connectivity index (χ4v) is 1.68. The predicted molar refractivity (Wildman–Crippen MR) is 62.2 cm³/mol. The normalized spacial score (nSPS) is 14.3. The summed E-state index contributed by atoms with van der Waals surface area (Å²) in [6, 6.07) is 2.36. The molecule has 15 heavy (non-hydrogen) atoms. The van der Waals surface area contributed by atoms with Crippen LogP contribution in [0.25, 0.3) is 0 Å². The van der Waals surface area contributed by atoms with E-state index in [1.165, 1.54) is 5.69 Å². The van der Waals surface area contributed by atoms with Crippen LogP contribution in [0.4, 0.5) is 0 Å². The van der Waals surface area contributed by atoms with Gasteiger partial charge in [0.05, 0.1) is 5.69 Å². The van der Waals surface area contributed by atoms with E-state index >= 15 is 0 Å². The topological polar surface area (TPSA) is 55.9 Å². The van der Waals surface area contributed by atoms with Crippen molar-refractivity contribution in [3.8, 4) is 0 Å². The number of hydrazine groups is 1. The molecule has 1 rings (SSSR count). The van der Waals surface area contributed by atoms with Gasteiger partial charge in [0.1, 0.15) is 0 Å². The number of nitrogens with two attached hydrogens (primary N) is 1. The average Bonchev–Trinajstić information content (AvgIpc) is 2.38. The lowest BCUT2D eigenvalue weighted by molar-refractivity contribution is 0.265. The predicted octanol–water partition coefficient (Wildman–Crippen LogP) is 1.15. The maximum Gasteiger partial charge on any atom is 0.0596 e. The number of hydrogen-bond acceptors (Lipinski definition) is 3. The highest BCUT2D eigenvalue weighted by Crippen LogP contribution is 2.22. The van der Waals surface area contributed by atoms with Crippen molar-refractivity contribution in [3.63, 3.8) is 0 Å². The molecular weight excluding hydrogens is 188 g/mol. The molecule has 0 amide bonds. The molecule has 0 bridgehead atoms. The second-order valence-electron chi connectivity index (χ2n) is 5.19. The summed E-state index contributed by atoms with van der Waals surface area (Å²) >= 11 is 0. The number of aromatic nitrogens is 2. The molecule has 0 aromatic carbocycles. The summed E-state index contributed by atoms with van der Waals surface area (Å²) in [4.78, 5) is 0. The van der Waals surface area contributed by atoms with Gasteiger partial charge in [-0.25, -0.2) is 0 Å². The average molecular weight is 210 g/mol. The Morgan fingerprint density at radius 1 is 1.53 bits per heavy atom. The zero-order valence-corrected chi connectivity index (χ0v) is 10.3. The minimum absolute atomic E-state index is 0.146. The summed E-state index contributed by atoms with van der Waals surface area (Å²) in [6.07, 6.45) is 0.900. The van der Waals surface area contributed by atoms with Crippen molar-refractivity contribution >= 4 is 0 Å². The van der Waals surface area contributed by atoms with Crippen molar-refractivity contribution in [2.24, 2.45) is 18.3 Å². The van der Waals surface area contributed by atoms with Crippen LogP contribution in [0.3, 0.4) is 0 Å². The van der Waals surface area contributed by atoms with E-state index in [4.69, 9.17) is 5.84 Å². The molecule has 1 aromatic rings. The molecule has 0 aliphatic carbocycles. The Bertz CT molecular complexity index is 322. The first kappa shape index (κ1) is 12.2. The molecule has 4 heteroatoms. The maximum absolute atomic E-state index is 5.58. The third-order valence-corrected chi connectivity index (χ3v) is 2.76. The van der Waals surface area contributed by atoms with Gasteiger partial charge in [-0.15, -0.1) is 0 Å².